The van der Waals surface area contributed by atoms with Gasteiger partial charge in [0.2, 0.25) is 0 Å². The molecule has 8 heteroatoms. The maximum atomic E-state index is 12.7. The van der Waals surface area contributed by atoms with Crippen LogP contribution in [0.1, 0.15) is 89.7 Å². The van der Waals surface area contributed by atoms with E-state index in [1.54, 1.807) is 4.68 Å². The van der Waals surface area contributed by atoms with E-state index >= 15 is 0 Å². The molecule has 0 unspecified atom stereocenters. The van der Waals surface area contributed by atoms with Crippen molar-refractivity contribution >= 4 is 11.6 Å². The molecule has 6 atom stereocenters. The van der Waals surface area contributed by atoms with Crippen molar-refractivity contribution in [1.82, 2.24) is 20.4 Å². The zero-order valence-electron chi connectivity index (χ0n) is 23.8. The summed E-state index contributed by atoms with van der Waals surface area (Å²) < 4.78 is 2.71. The minimum Gasteiger partial charge on any atom is -0.393 e. The van der Waals surface area contributed by atoms with E-state index in [0.29, 0.717) is 17.8 Å². The van der Waals surface area contributed by atoms with Gasteiger partial charge in [-0.2, -0.15) is 5.10 Å². The van der Waals surface area contributed by atoms with Gasteiger partial charge >= 0.3 is 0 Å². The highest BCUT2D eigenvalue weighted by Crippen LogP contribution is 2.65. The number of carbonyl (C=O) groups excluding carboxylic acids is 1. The maximum Gasteiger partial charge on any atom is 0.261 e. The van der Waals surface area contributed by atoms with E-state index < -0.39 is 0 Å². The molecule has 8 nitrogen and oxygen atoms in total. The van der Waals surface area contributed by atoms with E-state index in [1.807, 2.05) is 6.20 Å². The Hall–Kier alpha value is -2.06. The first-order valence-corrected chi connectivity index (χ1v) is 15.0. The number of amides is 1. The van der Waals surface area contributed by atoms with Crippen LogP contribution in [0.4, 0.5) is 0 Å². The van der Waals surface area contributed by atoms with Gasteiger partial charge in [-0.05, 0) is 86.0 Å². The topological polar surface area (TPSA) is 92.4 Å². The van der Waals surface area contributed by atoms with E-state index in [9.17, 15) is 9.90 Å². The van der Waals surface area contributed by atoms with E-state index in [1.165, 1.54) is 24.8 Å². The van der Waals surface area contributed by atoms with Crippen molar-refractivity contribution in [2.24, 2.45) is 33.7 Å². The lowest BCUT2D eigenvalue weighted by Gasteiger charge is -2.57. The second-order valence-electron chi connectivity index (χ2n) is 14.3. The third-order valence-corrected chi connectivity index (χ3v) is 11.7. The van der Waals surface area contributed by atoms with Crippen LogP contribution in [0.2, 0.25) is 0 Å². The Balaban J connectivity index is 1.07. The molecule has 2 heterocycles. The largest absolute Gasteiger partial charge is 0.393 e. The maximum absolute atomic E-state index is 12.7. The third-order valence-electron chi connectivity index (χ3n) is 11.7. The van der Waals surface area contributed by atoms with Crippen molar-refractivity contribution in [3.05, 3.63) is 23.5 Å². The number of hydrogen-bond acceptors (Lipinski definition) is 5. The van der Waals surface area contributed by atoms with Crippen molar-refractivity contribution in [3.63, 3.8) is 0 Å². The summed E-state index contributed by atoms with van der Waals surface area (Å²) in [5.74, 6) is 2.39. The highest BCUT2D eigenvalue weighted by molar-refractivity contribution is 5.97. The summed E-state index contributed by atoms with van der Waals surface area (Å²) >= 11 is 0. The number of carbonyl (C=O) groups is 1. The standard InChI is InChI=1S/C30H46N6O2/c1-29-13-9-22(17-21(29)5-6-23-24-7-8-27(37)30(24,2)14-10-25(23)29)31-33-28(38)19-35-18-26(32-34-35)20-11-15-36(3,4)16-12-20/h17-18,20,23-25,27,37H,5-16,19H2,1-4H3/p+1/b31-22-/t23-,24-,25-,27+,29-,30-/m0/s1. The minimum absolute atomic E-state index is 0.116. The lowest BCUT2D eigenvalue weighted by molar-refractivity contribution is -0.895. The number of hydrogen-bond donors (Lipinski definition) is 2. The molecule has 0 bridgehead atoms. The summed E-state index contributed by atoms with van der Waals surface area (Å²) in [6, 6.07) is 0. The quantitative estimate of drug-likeness (QED) is 0.460. The van der Waals surface area contributed by atoms with Crippen LogP contribution in [-0.4, -0.2) is 69.5 Å². The number of rotatable bonds is 4. The zero-order valence-corrected chi connectivity index (χ0v) is 23.8. The summed E-state index contributed by atoms with van der Waals surface area (Å²) in [5, 5.41) is 23.8. The van der Waals surface area contributed by atoms with Crippen LogP contribution >= 0.6 is 0 Å². The number of quaternary nitrogens is 1. The van der Waals surface area contributed by atoms with Crippen molar-refractivity contribution in [2.75, 3.05) is 27.2 Å². The number of nitrogens with zero attached hydrogens (tertiary/aromatic N) is 5. The van der Waals surface area contributed by atoms with Crippen molar-refractivity contribution < 1.29 is 14.4 Å². The molecule has 1 aromatic rings. The van der Waals surface area contributed by atoms with E-state index in [0.717, 1.165) is 79.8 Å². The van der Waals surface area contributed by atoms with Crippen molar-refractivity contribution in [2.45, 2.75) is 96.6 Å². The fourth-order valence-corrected chi connectivity index (χ4v) is 9.09. The average Bonchev–Trinajstić information content (AvgIpc) is 3.46. The second-order valence-corrected chi connectivity index (χ2v) is 14.3. The van der Waals surface area contributed by atoms with Crippen LogP contribution in [0, 0.1) is 28.6 Å². The molecule has 6 rings (SSSR count). The number of aromatic nitrogens is 3. The van der Waals surface area contributed by atoms with Gasteiger partial charge in [-0.15, -0.1) is 5.10 Å². The molecule has 38 heavy (non-hydrogen) atoms. The normalized spacial score (nSPS) is 39.7. The Labute approximate surface area is 227 Å². The van der Waals surface area contributed by atoms with Gasteiger partial charge in [-0.3, -0.25) is 4.79 Å². The minimum atomic E-state index is -0.155. The van der Waals surface area contributed by atoms with Crippen LogP contribution in [-0.2, 0) is 11.3 Å². The molecule has 5 aliphatic rings. The summed E-state index contributed by atoms with van der Waals surface area (Å²) in [6.45, 7) is 7.27. The van der Waals surface area contributed by atoms with Gasteiger partial charge in [0.1, 0.15) is 6.54 Å². The molecule has 1 amide bonds. The number of hydrazone groups is 1. The van der Waals surface area contributed by atoms with E-state index in [2.05, 4.69) is 54.9 Å². The molecular formula is C30H47N6O2+. The average molecular weight is 524 g/mol. The first-order chi connectivity index (χ1) is 18.1. The van der Waals surface area contributed by atoms with Gasteiger partial charge in [-0.25, -0.2) is 10.1 Å². The third kappa shape index (κ3) is 4.55. The zero-order chi connectivity index (χ0) is 26.7. The summed E-state index contributed by atoms with van der Waals surface area (Å²) in [4.78, 5) is 12.7. The van der Waals surface area contributed by atoms with Gasteiger partial charge in [0, 0.05) is 25.0 Å². The lowest BCUT2D eigenvalue weighted by atomic mass is 9.47. The number of nitrogens with one attached hydrogen (secondary N) is 1. The molecule has 3 saturated carbocycles. The summed E-state index contributed by atoms with van der Waals surface area (Å²) in [6.07, 6.45) is 15.2. The van der Waals surface area contributed by atoms with Crippen LogP contribution < -0.4 is 5.43 Å². The highest BCUT2D eigenvalue weighted by atomic mass is 16.3. The first kappa shape index (κ1) is 26.2. The molecule has 4 fully saturated rings. The predicted molar refractivity (Wildman–Crippen MR) is 147 cm³/mol. The SMILES string of the molecule is C[C@]12CC[C@H]3[C@@H](CCC4=C/C(=N\NC(=O)Cn5cc(C6CC[N+](C)(C)CC6)nn5)CC[C@@]43C)[C@@H]1CC[C@H]2O. The lowest BCUT2D eigenvalue weighted by Crippen LogP contribution is -2.51. The Morgan fingerprint density at radius 2 is 1.89 bits per heavy atom. The van der Waals surface area contributed by atoms with Gasteiger partial charge in [0.25, 0.3) is 5.91 Å². The van der Waals surface area contributed by atoms with Crippen LogP contribution in [0.25, 0.3) is 0 Å². The molecular weight excluding hydrogens is 476 g/mol. The number of piperidine rings is 1. The second kappa shape index (κ2) is 9.54. The van der Waals surface area contributed by atoms with E-state index in [-0.39, 0.29) is 29.4 Å². The fourth-order valence-electron chi connectivity index (χ4n) is 9.09. The number of fused-ring (bicyclic) bond motifs is 5. The van der Waals surface area contributed by atoms with Gasteiger partial charge < -0.3 is 9.59 Å². The Kier molecular flexibility index (Phi) is 6.57. The molecule has 0 radical (unpaired) electrons. The monoisotopic (exact) mass is 523 g/mol. The number of allylic oxidation sites excluding steroid dienone is 2. The number of aliphatic hydroxyl groups is 1. The van der Waals surface area contributed by atoms with Crippen LogP contribution in [0.5, 0.6) is 0 Å². The molecule has 2 N–H and O–H groups in total. The Morgan fingerprint density at radius 1 is 1.11 bits per heavy atom. The highest BCUT2D eigenvalue weighted by Gasteiger charge is 2.58. The van der Waals surface area contributed by atoms with Gasteiger partial charge in [0.05, 0.1) is 44.7 Å². The molecule has 1 aliphatic heterocycles. The number of aliphatic hydroxyl groups excluding tert-OH is 1. The number of likely N-dealkylation sites (tertiary alicyclic amines) is 1. The van der Waals surface area contributed by atoms with Crippen LogP contribution in [0.3, 0.4) is 0 Å². The van der Waals surface area contributed by atoms with Crippen molar-refractivity contribution in [3.8, 4) is 0 Å². The molecule has 1 saturated heterocycles. The molecule has 0 spiro atoms. The van der Waals surface area contributed by atoms with E-state index in [4.69, 9.17) is 0 Å². The van der Waals surface area contributed by atoms with Crippen LogP contribution in [0.15, 0.2) is 22.9 Å². The Morgan fingerprint density at radius 3 is 2.68 bits per heavy atom. The smallest absolute Gasteiger partial charge is 0.261 e. The van der Waals surface area contributed by atoms with Crippen molar-refractivity contribution in [1.29, 1.82) is 0 Å². The summed E-state index contributed by atoms with van der Waals surface area (Å²) in [5.41, 5.74) is 6.66. The first-order valence-electron chi connectivity index (χ1n) is 15.0. The van der Waals surface area contributed by atoms with Gasteiger partial charge in [0.15, 0.2) is 0 Å². The molecule has 0 aromatic carbocycles. The molecule has 4 aliphatic carbocycles. The summed E-state index contributed by atoms with van der Waals surface area (Å²) in [7, 11) is 4.55. The predicted octanol–water partition coefficient (Wildman–Crippen LogP) is 4.03. The molecule has 1 aromatic heterocycles. The Bertz CT molecular complexity index is 1130. The van der Waals surface area contributed by atoms with Gasteiger partial charge in [-0.1, -0.05) is 24.6 Å². The molecule has 208 valence electrons. The fraction of sp³-hybridized carbons (Fsp3) is 0.800.